The number of halogens is 2. The van der Waals surface area contributed by atoms with Gasteiger partial charge in [-0.1, -0.05) is 0 Å². The first-order chi connectivity index (χ1) is 5.15. The Bertz CT molecular complexity index is 330. The fourth-order valence-electron chi connectivity index (χ4n) is 0.637. The third kappa shape index (κ3) is 1.60. The highest BCUT2D eigenvalue weighted by Crippen LogP contribution is 2.25. The van der Waals surface area contributed by atoms with E-state index < -0.39 is 5.82 Å². The predicted molar refractivity (Wildman–Crippen MR) is 49.8 cm³/mol. The fraction of sp³-hybridized carbons (Fsp3) is 0. The van der Waals surface area contributed by atoms with E-state index in [-0.39, 0.29) is 5.69 Å². The van der Waals surface area contributed by atoms with Crippen LogP contribution in [0.25, 0.3) is 4.85 Å². The van der Waals surface area contributed by atoms with Crippen molar-refractivity contribution in [3.63, 3.8) is 0 Å². The molecule has 0 unspecified atom stereocenters. The summed E-state index contributed by atoms with van der Waals surface area (Å²) in [6.45, 7) is 6.59. The molecule has 4 heteroatoms. The maximum absolute atomic E-state index is 12.7. The SMILES string of the molecule is [C-]#[N+]c1cc(I)c(N)cc1F. The molecular weight excluding hydrogens is 258 g/mol. The van der Waals surface area contributed by atoms with E-state index in [1.165, 1.54) is 6.07 Å². The van der Waals surface area contributed by atoms with Crippen molar-refractivity contribution in [2.45, 2.75) is 0 Å². The molecule has 0 fully saturated rings. The van der Waals surface area contributed by atoms with Crippen molar-refractivity contribution in [3.8, 4) is 0 Å². The third-order valence-electron chi connectivity index (χ3n) is 1.19. The van der Waals surface area contributed by atoms with Crippen LogP contribution in [0.2, 0.25) is 0 Å². The molecule has 11 heavy (non-hydrogen) atoms. The normalized spacial score (nSPS) is 9.18. The van der Waals surface area contributed by atoms with Crippen LogP contribution in [0.4, 0.5) is 15.8 Å². The van der Waals surface area contributed by atoms with Crippen LogP contribution in [0.3, 0.4) is 0 Å². The van der Waals surface area contributed by atoms with Crippen LogP contribution in [0.1, 0.15) is 0 Å². The van der Waals surface area contributed by atoms with Crippen molar-refractivity contribution in [2.24, 2.45) is 0 Å². The van der Waals surface area contributed by atoms with E-state index in [4.69, 9.17) is 12.3 Å². The van der Waals surface area contributed by atoms with Gasteiger partial charge in [0.2, 0.25) is 5.69 Å². The lowest BCUT2D eigenvalue weighted by atomic mass is 10.3. The summed E-state index contributed by atoms with van der Waals surface area (Å²) in [6.07, 6.45) is 0. The molecule has 0 bridgehead atoms. The van der Waals surface area contributed by atoms with Crippen LogP contribution in [0.5, 0.6) is 0 Å². The Morgan fingerprint density at radius 3 is 2.73 bits per heavy atom. The minimum absolute atomic E-state index is 0.0172. The largest absolute Gasteiger partial charge is 0.398 e. The molecule has 0 saturated heterocycles. The lowest BCUT2D eigenvalue weighted by molar-refractivity contribution is 0.634. The van der Waals surface area contributed by atoms with Gasteiger partial charge >= 0.3 is 0 Å². The third-order valence-corrected chi connectivity index (χ3v) is 2.12. The van der Waals surface area contributed by atoms with Crippen LogP contribution >= 0.6 is 22.6 Å². The summed E-state index contributed by atoms with van der Waals surface area (Å²) >= 11 is 1.95. The first-order valence-corrected chi connectivity index (χ1v) is 3.85. The topological polar surface area (TPSA) is 30.4 Å². The highest BCUT2D eigenvalue weighted by atomic mass is 127. The molecular formula is C7H4FIN2. The van der Waals surface area contributed by atoms with E-state index in [1.54, 1.807) is 0 Å². The van der Waals surface area contributed by atoms with E-state index in [0.29, 0.717) is 9.26 Å². The van der Waals surface area contributed by atoms with E-state index in [2.05, 4.69) is 4.85 Å². The van der Waals surface area contributed by atoms with Crippen LogP contribution in [0, 0.1) is 16.0 Å². The van der Waals surface area contributed by atoms with Gasteiger partial charge in [-0.25, -0.2) is 9.24 Å². The minimum atomic E-state index is -0.557. The quantitative estimate of drug-likeness (QED) is 0.434. The molecule has 0 radical (unpaired) electrons. The van der Waals surface area contributed by atoms with Gasteiger partial charge in [-0.05, 0) is 34.7 Å². The van der Waals surface area contributed by atoms with Gasteiger partial charge < -0.3 is 5.73 Å². The molecule has 1 aromatic carbocycles. The molecule has 1 aromatic rings. The Labute approximate surface area is 77.2 Å². The van der Waals surface area contributed by atoms with Crippen molar-refractivity contribution in [3.05, 3.63) is 32.9 Å². The molecule has 1 rings (SSSR count). The van der Waals surface area contributed by atoms with E-state index in [1.807, 2.05) is 22.6 Å². The summed E-state index contributed by atoms with van der Waals surface area (Å²) < 4.78 is 13.4. The van der Waals surface area contributed by atoms with Crippen molar-refractivity contribution >= 4 is 34.0 Å². The summed E-state index contributed by atoms with van der Waals surface area (Å²) in [7, 11) is 0. The molecule has 0 aromatic heterocycles. The van der Waals surface area contributed by atoms with Gasteiger partial charge in [0.25, 0.3) is 0 Å². The molecule has 0 aliphatic heterocycles. The first kappa shape index (κ1) is 8.27. The van der Waals surface area contributed by atoms with Gasteiger partial charge in [0, 0.05) is 9.26 Å². The maximum Gasteiger partial charge on any atom is 0.223 e. The summed E-state index contributed by atoms with van der Waals surface area (Å²) in [5.74, 6) is -0.557. The summed E-state index contributed by atoms with van der Waals surface area (Å²) in [4.78, 5) is 2.99. The summed E-state index contributed by atoms with van der Waals surface area (Å²) in [5.41, 5.74) is 5.78. The molecule has 0 atom stereocenters. The monoisotopic (exact) mass is 262 g/mol. The van der Waals surface area contributed by atoms with Gasteiger partial charge in [-0.15, -0.1) is 0 Å². The van der Waals surface area contributed by atoms with Gasteiger partial charge in [0.15, 0.2) is 0 Å². The molecule has 0 aliphatic rings. The summed E-state index contributed by atoms with van der Waals surface area (Å²) in [5, 5.41) is 0. The zero-order chi connectivity index (χ0) is 8.43. The number of benzene rings is 1. The Hall–Kier alpha value is -0.830. The van der Waals surface area contributed by atoms with E-state index in [9.17, 15) is 4.39 Å². The zero-order valence-corrected chi connectivity index (χ0v) is 7.59. The Kier molecular flexibility index (Phi) is 2.29. The Morgan fingerprint density at radius 2 is 2.18 bits per heavy atom. The molecule has 0 saturated carbocycles. The van der Waals surface area contributed by atoms with Gasteiger partial charge in [0.1, 0.15) is 5.82 Å². The van der Waals surface area contributed by atoms with Crippen molar-refractivity contribution in [1.82, 2.24) is 0 Å². The molecule has 2 nitrogen and oxygen atoms in total. The highest BCUT2D eigenvalue weighted by Gasteiger charge is 2.04. The average Bonchev–Trinajstić information content (AvgIpc) is 1.97. The predicted octanol–water partition coefficient (Wildman–Crippen LogP) is 2.56. The first-order valence-electron chi connectivity index (χ1n) is 2.77. The second-order valence-electron chi connectivity index (χ2n) is 1.94. The number of nitrogens with zero attached hydrogens (tertiary/aromatic N) is 1. The maximum atomic E-state index is 12.7. The molecule has 0 aliphatic carbocycles. The second-order valence-corrected chi connectivity index (χ2v) is 3.10. The number of hydrogen-bond acceptors (Lipinski definition) is 1. The lowest BCUT2D eigenvalue weighted by Gasteiger charge is -1.98. The lowest BCUT2D eigenvalue weighted by Crippen LogP contribution is -1.89. The summed E-state index contributed by atoms with van der Waals surface area (Å²) in [6, 6.07) is 2.59. The number of nitrogens with two attached hydrogens (primary N) is 1. The van der Waals surface area contributed by atoms with Crippen molar-refractivity contribution in [1.29, 1.82) is 0 Å². The molecule has 56 valence electrons. The minimum Gasteiger partial charge on any atom is -0.398 e. The molecule has 0 spiro atoms. The highest BCUT2D eigenvalue weighted by molar-refractivity contribution is 14.1. The number of hydrogen-bond donors (Lipinski definition) is 1. The van der Waals surface area contributed by atoms with Crippen molar-refractivity contribution < 1.29 is 4.39 Å². The van der Waals surface area contributed by atoms with E-state index >= 15 is 0 Å². The second kappa shape index (κ2) is 3.05. The number of rotatable bonds is 0. The fourth-order valence-corrected chi connectivity index (χ4v) is 1.09. The van der Waals surface area contributed by atoms with Crippen LogP contribution in [-0.4, -0.2) is 0 Å². The van der Waals surface area contributed by atoms with Gasteiger partial charge in [-0.3, -0.25) is 0 Å². The molecule has 0 heterocycles. The molecule has 0 amide bonds. The number of nitrogen functional groups attached to an aromatic ring is 1. The van der Waals surface area contributed by atoms with Crippen LogP contribution in [0.15, 0.2) is 12.1 Å². The average molecular weight is 262 g/mol. The van der Waals surface area contributed by atoms with Crippen LogP contribution in [-0.2, 0) is 0 Å². The van der Waals surface area contributed by atoms with Gasteiger partial charge in [-0.2, -0.15) is 0 Å². The van der Waals surface area contributed by atoms with Crippen molar-refractivity contribution in [2.75, 3.05) is 5.73 Å². The molecule has 2 N–H and O–H groups in total. The van der Waals surface area contributed by atoms with E-state index in [0.717, 1.165) is 6.07 Å². The smallest absolute Gasteiger partial charge is 0.223 e. The standard InChI is InChI=1S/C7H4FIN2/c1-11-7-3-5(9)6(10)2-4(7)8/h2-3H,10H2. The van der Waals surface area contributed by atoms with Gasteiger partial charge in [0.05, 0.1) is 6.57 Å². The Morgan fingerprint density at radius 1 is 1.55 bits per heavy atom. The van der Waals surface area contributed by atoms with Crippen LogP contribution < -0.4 is 5.73 Å². The zero-order valence-electron chi connectivity index (χ0n) is 5.44. The Balaban J connectivity index is 3.35. The number of anilines is 1.